The summed E-state index contributed by atoms with van der Waals surface area (Å²) in [5.41, 5.74) is 0.101. The second kappa shape index (κ2) is 23.0. The smallest absolute Gasteiger partial charge is 0.393 e. The first-order valence-electron chi connectivity index (χ1n) is 23.8. The van der Waals surface area contributed by atoms with E-state index in [1.54, 1.807) is 31.3 Å². The van der Waals surface area contributed by atoms with Gasteiger partial charge in [0, 0.05) is 99.1 Å². The number of thioether (sulfide) groups is 1. The van der Waals surface area contributed by atoms with Crippen molar-refractivity contribution in [2.24, 2.45) is 0 Å². The molecule has 4 aromatic carbocycles. The van der Waals surface area contributed by atoms with Gasteiger partial charge in [-0.25, -0.2) is 21.7 Å². The highest BCUT2D eigenvalue weighted by atomic mass is 32.2. The summed E-state index contributed by atoms with van der Waals surface area (Å²) in [6.45, 7) is 6.56. The van der Waals surface area contributed by atoms with Gasteiger partial charge in [0.25, 0.3) is 9.84 Å². The van der Waals surface area contributed by atoms with Gasteiger partial charge in [-0.3, -0.25) is 4.79 Å². The molecule has 12 nitrogen and oxygen atoms in total. The van der Waals surface area contributed by atoms with Crippen molar-refractivity contribution in [1.29, 1.82) is 0 Å². The monoisotopic (exact) mass is 1050 g/mol. The molecular weight excluding hydrogens is 987 g/mol. The van der Waals surface area contributed by atoms with Crippen LogP contribution in [0.3, 0.4) is 0 Å². The van der Waals surface area contributed by atoms with Crippen LogP contribution < -0.4 is 20.3 Å². The van der Waals surface area contributed by atoms with E-state index in [0.29, 0.717) is 70.6 Å². The average Bonchev–Trinajstić information content (AvgIpc) is 3.62. The highest BCUT2D eigenvalue weighted by Crippen LogP contribution is 2.41. The van der Waals surface area contributed by atoms with Gasteiger partial charge in [0.2, 0.25) is 5.91 Å². The second-order valence-electron chi connectivity index (χ2n) is 18.0. The van der Waals surface area contributed by atoms with E-state index >= 15 is 0 Å². The molecule has 2 saturated heterocycles. The van der Waals surface area contributed by atoms with Gasteiger partial charge in [-0.15, -0.1) is 11.8 Å². The number of anilines is 2. The number of hydrogen-bond donors (Lipinski definition) is 4. The summed E-state index contributed by atoms with van der Waals surface area (Å²) >= 11 is 1.37. The third kappa shape index (κ3) is 12.4. The molecule has 4 atom stereocenters. The Kier molecular flexibility index (Phi) is 16.8. The number of likely N-dealkylation sites (N-methyl/N-ethyl adjacent to an activating group) is 1. The van der Waals surface area contributed by atoms with Gasteiger partial charge in [-0.05, 0) is 122 Å². The predicted octanol–water partition coefficient (Wildman–Crippen LogP) is 8.40. The zero-order valence-electron chi connectivity index (χ0n) is 40.2. The Morgan fingerprint density at radius 2 is 1.61 bits per heavy atom. The number of carbonyl (C=O) groups excluding carboxylic acids is 1. The Balaban J connectivity index is 0.930. The fraction of sp³-hybridized carbons (Fsp3) is 0.340. The largest absolute Gasteiger partial charge is 0.501 e. The zero-order valence-corrected chi connectivity index (χ0v) is 42.6. The van der Waals surface area contributed by atoms with Crippen LogP contribution >= 0.6 is 11.8 Å². The van der Waals surface area contributed by atoms with Crippen molar-refractivity contribution in [2.75, 3.05) is 70.1 Å². The van der Waals surface area contributed by atoms with Crippen LogP contribution in [0.2, 0.25) is 0 Å². The van der Waals surface area contributed by atoms with Crippen molar-refractivity contribution in [1.82, 2.24) is 24.7 Å². The van der Waals surface area contributed by atoms with E-state index in [1.165, 1.54) is 36.0 Å². The molecule has 0 radical (unpaired) electrons. The van der Waals surface area contributed by atoms with Crippen molar-refractivity contribution in [3.8, 4) is 0 Å². The first kappa shape index (κ1) is 52.6. The number of nitrogens with one attached hydrogen (secondary N) is 3. The second-order valence-corrected chi connectivity index (χ2v) is 22.5. The van der Waals surface area contributed by atoms with Crippen molar-refractivity contribution >= 4 is 55.6 Å². The zero-order chi connectivity index (χ0) is 51.2. The number of aliphatic hydroxyl groups excluding tert-OH is 1. The minimum absolute atomic E-state index is 0.141. The number of benzene rings is 4. The van der Waals surface area contributed by atoms with Crippen molar-refractivity contribution in [2.45, 2.75) is 69.8 Å². The highest BCUT2D eigenvalue weighted by Gasteiger charge is 2.48. The molecule has 19 heteroatoms. The molecule has 3 unspecified atom stereocenters. The third-order valence-corrected chi connectivity index (χ3v) is 17.3. The SMILES string of the molecule is CNC(=O)C1=C(C)N(C)C(c2ccc(F)cc2)=CC1c1cccc(N2CCN(C3=CC=CC(NS(=O)c4ccc(N[C@H](CCN5CCC(O)CC5)Sc5ccccc5)c(S(=O)(=O)C(F)(F)F)c4)C=C3)CC2)c1. The minimum Gasteiger partial charge on any atom is -0.393 e. The molecule has 0 bridgehead atoms. The number of nitrogens with zero attached hydrogens (tertiary/aromatic N) is 4. The maximum Gasteiger partial charge on any atom is 0.501 e. The lowest BCUT2D eigenvalue weighted by atomic mass is 9.84. The number of amides is 1. The lowest BCUT2D eigenvalue weighted by Crippen LogP contribution is -2.45. The molecule has 0 spiro atoms. The van der Waals surface area contributed by atoms with Crippen LogP contribution in [0.4, 0.5) is 28.9 Å². The molecule has 4 aromatic rings. The predicted molar refractivity (Wildman–Crippen MR) is 277 cm³/mol. The summed E-state index contributed by atoms with van der Waals surface area (Å²) in [6.07, 6.45) is 12.6. The molecule has 0 saturated carbocycles. The van der Waals surface area contributed by atoms with Gasteiger partial charge in [0.05, 0.1) is 28.1 Å². The van der Waals surface area contributed by atoms with Crippen LogP contribution in [-0.2, 0) is 25.6 Å². The van der Waals surface area contributed by atoms with E-state index in [4.69, 9.17) is 0 Å². The number of sulfone groups is 1. The molecule has 382 valence electrons. The number of piperidine rings is 1. The maximum atomic E-state index is 14.3. The Morgan fingerprint density at radius 1 is 0.903 bits per heavy atom. The molecule has 4 aliphatic rings. The Hall–Kier alpha value is -5.70. The number of piperazine rings is 1. The van der Waals surface area contributed by atoms with Gasteiger partial charge < -0.3 is 35.3 Å². The van der Waals surface area contributed by atoms with Gasteiger partial charge in [-0.2, -0.15) is 13.2 Å². The lowest BCUT2D eigenvalue weighted by Gasteiger charge is -2.38. The molecule has 2 fully saturated rings. The molecular formula is C53H59F4N7O5S3. The molecule has 3 heterocycles. The van der Waals surface area contributed by atoms with E-state index in [0.717, 1.165) is 44.9 Å². The number of rotatable bonds is 16. The summed E-state index contributed by atoms with van der Waals surface area (Å²) in [4.78, 5) is 21.7. The number of carbonyl (C=O) groups is 1. The molecule has 1 amide bonds. The van der Waals surface area contributed by atoms with Crippen LogP contribution in [0.15, 0.2) is 165 Å². The van der Waals surface area contributed by atoms with Crippen molar-refractivity contribution in [3.05, 3.63) is 167 Å². The van der Waals surface area contributed by atoms with E-state index in [-0.39, 0.29) is 34.3 Å². The Labute approximate surface area is 425 Å². The number of alkyl halides is 3. The van der Waals surface area contributed by atoms with E-state index in [2.05, 4.69) is 48.3 Å². The first-order valence-corrected chi connectivity index (χ1v) is 27.3. The quantitative estimate of drug-likeness (QED) is 0.0490. The summed E-state index contributed by atoms with van der Waals surface area (Å²) in [6, 6.07) is 26.6. The Bertz CT molecular complexity index is 2880. The molecule has 1 aliphatic carbocycles. The van der Waals surface area contributed by atoms with Gasteiger partial charge in [0.1, 0.15) is 21.7 Å². The highest BCUT2D eigenvalue weighted by molar-refractivity contribution is 8.00. The molecule has 3 aliphatic heterocycles. The van der Waals surface area contributed by atoms with Crippen LogP contribution in [0.25, 0.3) is 5.70 Å². The fourth-order valence-corrected chi connectivity index (χ4v) is 12.3. The van der Waals surface area contributed by atoms with Crippen LogP contribution in [-0.4, -0.2) is 121 Å². The van der Waals surface area contributed by atoms with Crippen LogP contribution in [0.5, 0.6) is 0 Å². The topological polar surface area (TPSA) is 138 Å². The van der Waals surface area contributed by atoms with Crippen LogP contribution in [0, 0.1) is 5.82 Å². The summed E-state index contributed by atoms with van der Waals surface area (Å²) in [5.74, 6) is -0.875. The normalized spacial score (nSPS) is 20.2. The lowest BCUT2D eigenvalue weighted by molar-refractivity contribution is -0.117. The van der Waals surface area contributed by atoms with E-state index in [9.17, 15) is 40.1 Å². The maximum absolute atomic E-state index is 14.3. The number of halogens is 4. The van der Waals surface area contributed by atoms with Gasteiger partial charge in [-0.1, -0.05) is 48.6 Å². The first-order chi connectivity index (χ1) is 34.5. The average molecular weight is 1050 g/mol. The summed E-state index contributed by atoms with van der Waals surface area (Å²) in [7, 11) is -4.49. The Morgan fingerprint density at radius 3 is 2.31 bits per heavy atom. The van der Waals surface area contributed by atoms with Crippen molar-refractivity contribution in [3.63, 3.8) is 0 Å². The van der Waals surface area contributed by atoms with E-state index < -0.39 is 42.6 Å². The van der Waals surface area contributed by atoms with Crippen LogP contribution in [0.1, 0.15) is 43.2 Å². The molecule has 4 N–H and O–H groups in total. The van der Waals surface area contributed by atoms with Crippen molar-refractivity contribution < 1.29 is 40.1 Å². The minimum atomic E-state index is -5.88. The van der Waals surface area contributed by atoms with Gasteiger partial charge >= 0.3 is 5.51 Å². The summed E-state index contributed by atoms with van der Waals surface area (Å²) in [5, 5.41) is 15.3. The van der Waals surface area contributed by atoms with E-state index in [1.807, 2.05) is 79.6 Å². The number of allylic oxidation sites excluding steroid dienone is 5. The molecule has 72 heavy (non-hydrogen) atoms. The number of likely N-dealkylation sites (tertiary alicyclic amines) is 1. The molecule has 8 rings (SSSR count). The van der Waals surface area contributed by atoms with Gasteiger partial charge in [0.15, 0.2) is 0 Å². The fourth-order valence-electron chi connectivity index (χ4n) is 9.29. The standard InChI is InChI=1S/C53H59F4N7O5S3/c1-36-51(52(66)58-2)46(35-48(61(36)3)37-15-17-39(54)18-16-37)38-9-7-12-42(33-38)64-31-29-63(30-32-64)41-11-8-10-40(19-20-41)60-71(67)45-21-22-47(49(34-45)72(68,69)53(55,56)57)59-50(70-44-13-5-4-6-14-44)25-28-62-26-23-43(65)24-27-62/h4-22,33-35,40,43,46,50,59-60,65H,23-32H2,1-3H3,(H,58,66)/t40?,46?,50-,71?/m0/s1. The number of hydrogen-bond acceptors (Lipinski definition) is 11. The third-order valence-electron chi connectivity index (χ3n) is 13.4. The number of aliphatic hydroxyl groups is 1. The summed E-state index contributed by atoms with van der Waals surface area (Å²) < 4.78 is 99.8. The molecule has 0 aromatic heterocycles.